The van der Waals surface area contributed by atoms with Gasteiger partial charge < -0.3 is 57.9 Å². The minimum atomic E-state index is -1.01. The fourth-order valence-electron chi connectivity index (χ4n) is 13.5. The van der Waals surface area contributed by atoms with Crippen molar-refractivity contribution in [2.75, 3.05) is 52.4 Å². The molecule has 6 aliphatic rings. The number of hydrogen-bond acceptors (Lipinski definition) is 3. The molecule has 12 rings (SSSR count). The van der Waals surface area contributed by atoms with E-state index in [2.05, 4.69) is 111 Å². The fraction of sp³-hybridized carbons (Fsp3) is 0.463. The maximum Gasteiger partial charge on any atom is 0.134 e. The molecule has 0 unspecified atom stereocenters. The van der Waals surface area contributed by atoms with Crippen LogP contribution in [0.15, 0.2) is 170 Å². The summed E-state index contributed by atoms with van der Waals surface area (Å²) in [6.45, 7) is 16.3. The first-order chi connectivity index (χ1) is 35.6. The number of rotatable bonds is 20. The molecule has 0 saturated carbocycles. The normalized spacial score (nSPS) is 22.3. The van der Waals surface area contributed by atoms with Gasteiger partial charge in [-0.05, 0) is 53.1 Å². The second-order valence-electron chi connectivity index (χ2n) is 22.6. The van der Waals surface area contributed by atoms with Crippen LogP contribution in [0.3, 0.4) is 0 Å². The Bertz CT molecular complexity index is 2440. The second-order valence-corrected chi connectivity index (χ2v) is 22.6. The first-order valence-corrected chi connectivity index (χ1v) is 28.3. The fourth-order valence-corrected chi connectivity index (χ4v) is 13.5. The summed E-state index contributed by atoms with van der Waals surface area (Å²) in [5.41, 5.74) is 4.61. The van der Waals surface area contributed by atoms with Gasteiger partial charge in [0.25, 0.3) is 0 Å². The van der Waals surface area contributed by atoms with Crippen LogP contribution in [0.25, 0.3) is 0 Å². The average molecular weight is 1230 g/mol. The largest absolute Gasteiger partial charge is 1.00 e. The zero-order valence-corrected chi connectivity index (χ0v) is 50.8. The van der Waals surface area contributed by atoms with Crippen LogP contribution in [0.1, 0.15) is 143 Å². The van der Waals surface area contributed by atoms with Crippen molar-refractivity contribution < 1.29 is 62.3 Å². The molecule has 412 valence electrons. The van der Waals surface area contributed by atoms with Crippen molar-refractivity contribution in [2.24, 2.45) is 10.8 Å². The van der Waals surface area contributed by atoms with Gasteiger partial charge in [0, 0.05) is 61.5 Å². The Labute approximate surface area is 488 Å². The van der Waals surface area contributed by atoms with E-state index in [1.54, 1.807) is 0 Å². The number of aliphatic hydroxyl groups is 2. The van der Waals surface area contributed by atoms with Crippen molar-refractivity contribution in [3.63, 3.8) is 0 Å². The standard InChI is InChI=1S/C31H38NO2.C28H31FNO.C8H18.3BrH/c33-31(28-14-6-2-7-15-28,29-16-8-3-9-17-29)30-18-22-32(23-19-30,24-20-30)21-10-11-25-34-26-27-12-4-1-5-13-27;1-22-9-8-10-23(26(22)29)21-30-18-15-27(16-19-30,17-20-30)28(31,24-11-4-2-5-12-24)25-13-6-3-7-14-25;1-3-5-7-8-6-4-2;;;/h1-9,12-17,33H,10-11,18-26H2;2-14,31H,15-21H2,1H3;3-8H2,1-2H3;3*1H/q2*+1;;;;/p-2. The van der Waals surface area contributed by atoms with Gasteiger partial charge in [-0.3, -0.25) is 0 Å². The molecule has 6 heterocycles. The first kappa shape index (κ1) is 63.3. The Morgan fingerprint density at radius 3 is 1.22 bits per heavy atom. The molecule has 0 radical (unpaired) electrons. The van der Waals surface area contributed by atoms with Crippen molar-refractivity contribution in [1.29, 1.82) is 0 Å². The van der Waals surface area contributed by atoms with Crippen LogP contribution in [0, 0.1) is 23.6 Å². The zero-order chi connectivity index (χ0) is 51.1. The first-order valence-electron chi connectivity index (χ1n) is 28.3. The molecule has 0 aliphatic carbocycles. The van der Waals surface area contributed by atoms with Gasteiger partial charge >= 0.3 is 0 Å². The van der Waals surface area contributed by atoms with Gasteiger partial charge in [0.2, 0.25) is 0 Å². The van der Waals surface area contributed by atoms with E-state index in [1.807, 2.05) is 79.7 Å². The van der Waals surface area contributed by atoms with E-state index in [0.29, 0.717) is 6.61 Å². The lowest BCUT2D eigenvalue weighted by atomic mass is 9.56. The third-order valence-electron chi connectivity index (χ3n) is 18.2. The molecule has 76 heavy (non-hydrogen) atoms. The summed E-state index contributed by atoms with van der Waals surface area (Å²) >= 11 is 0. The van der Waals surface area contributed by atoms with E-state index < -0.39 is 11.2 Å². The monoisotopic (exact) mass is 1220 g/mol. The molecule has 2 N–H and O–H groups in total. The summed E-state index contributed by atoms with van der Waals surface area (Å²) in [7, 11) is 0. The van der Waals surface area contributed by atoms with Gasteiger partial charge in [0.05, 0.1) is 52.4 Å². The van der Waals surface area contributed by atoms with Gasteiger partial charge in [-0.1, -0.05) is 222 Å². The Morgan fingerprint density at radius 2 is 0.842 bits per heavy atom. The van der Waals surface area contributed by atoms with Crippen LogP contribution in [-0.2, 0) is 29.1 Å². The lowest BCUT2D eigenvalue weighted by Gasteiger charge is -2.60. The molecule has 4 bridgehead atoms. The van der Waals surface area contributed by atoms with Crippen molar-refractivity contribution in [1.82, 2.24) is 0 Å². The minimum Gasteiger partial charge on any atom is -1.00 e. The SMILES string of the molecule is Br.CCCCCCCC.Cc1cccc(C[N+]23CCC(C(O)(c4ccccc4)c4ccccc4)(CC2)CC3)c1F.OC(c1ccccc1)(c1ccccc1)C12CC[N+](CCCCOCc3ccccc3)(CC1)CC2.[Br-].[Br-]. The molecular formula is C67H88Br3FN2O3. The Morgan fingerprint density at radius 1 is 0.474 bits per heavy atom. The highest BCUT2D eigenvalue weighted by molar-refractivity contribution is 8.93. The Kier molecular flexibility index (Phi) is 24.7. The lowest BCUT2D eigenvalue weighted by Crippen LogP contribution is -3.00. The molecule has 6 aliphatic heterocycles. The summed E-state index contributed by atoms with van der Waals surface area (Å²) in [6, 6.07) is 57.3. The maximum absolute atomic E-state index is 14.7. The van der Waals surface area contributed by atoms with Crippen LogP contribution < -0.4 is 34.0 Å². The van der Waals surface area contributed by atoms with Crippen molar-refractivity contribution in [3.8, 4) is 0 Å². The van der Waals surface area contributed by atoms with Gasteiger partial charge in [0.1, 0.15) is 23.6 Å². The highest BCUT2D eigenvalue weighted by atomic mass is 79.9. The van der Waals surface area contributed by atoms with Gasteiger partial charge in [0.15, 0.2) is 0 Å². The number of halogens is 4. The van der Waals surface area contributed by atoms with E-state index in [9.17, 15) is 14.6 Å². The summed E-state index contributed by atoms with van der Waals surface area (Å²) in [5.74, 6) is -0.0533. The van der Waals surface area contributed by atoms with Crippen LogP contribution >= 0.6 is 17.0 Å². The number of piperidine rings is 6. The van der Waals surface area contributed by atoms with E-state index in [1.165, 1.54) is 81.2 Å². The lowest BCUT2D eigenvalue weighted by molar-refractivity contribution is -0.958. The molecule has 0 spiro atoms. The number of aryl methyl sites for hydroxylation is 1. The van der Waals surface area contributed by atoms with Crippen molar-refractivity contribution in [2.45, 2.75) is 135 Å². The number of hydrogen-bond donors (Lipinski definition) is 2. The summed E-state index contributed by atoms with van der Waals surface area (Å²) < 4.78 is 22.8. The smallest absolute Gasteiger partial charge is 0.134 e. The molecule has 6 aromatic rings. The predicted molar refractivity (Wildman–Crippen MR) is 308 cm³/mol. The number of benzene rings is 6. The molecule has 6 saturated heterocycles. The van der Waals surface area contributed by atoms with Crippen LogP contribution in [-0.4, -0.2) is 71.6 Å². The number of nitrogens with zero attached hydrogens (tertiary/aromatic N) is 2. The van der Waals surface area contributed by atoms with Crippen molar-refractivity contribution in [3.05, 3.63) is 215 Å². The molecule has 0 atom stereocenters. The van der Waals surface area contributed by atoms with Crippen LogP contribution in [0.4, 0.5) is 4.39 Å². The topological polar surface area (TPSA) is 49.7 Å². The minimum absolute atomic E-state index is 0. The molecule has 5 nitrogen and oxygen atoms in total. The molecule has 0 aromatic heterocycles. The summed E-state index contributed by atoms with van der Waals surface area (Å²) in [5, 5.41) is 24.9. The molecular weight excluding hydrogens is 1140 g/mol. The van der Waals surface area contributed by atoms with E-state index in [4.69, 9.17) is 4.74 Å². The molecule has 6 aromatic carbocycles. The van der Waals surface area contributed by atoms with E-state index >= 15 is 0 Å². The second kappa shape index (κ2) is 29.6. The van der Waals surface area contributed by atoms with E-state index in [0.717, 1.165) is 116 Å². The van der Waals surface area contributed by atoms with Crippen molar-refractivity contribution >= 4 is 17.0 Å². The average Bonchev–Trinajstić information content (AvgIpc) is 3.50. The quantitative estimate of drug-likeness (QED) is 0.0593. The van der Waals surface area contributed by atoms with E-state index in [-0.39, 0.29) is 67.6 Å². The van der Waals surface area contributed by atoms with Crippen LogP contribution in [0.5, 0.6) is 0 Å². The Balaban J connectivity index is 0.000000238. The van der Waals surface area contributed by atoms with Gasteiger partial charge in [-0.15, -0.1) is 17.0 Å². The van der Waals surface area contributed by atoms with Crippen LogP contribution in [0.2, 0.25) is 0 Å². The molecule has 0 amide bonds. The maximum atomic E-state index is 14.7. The number of quaternary nitrogens is 2. The van der Waals surface area contributed by atoms with Gasteiger partial charge in [-0.25, -0.2) is 4.39 Å². The highest BCUT2D eigenvalue weighted by Crippen LogP contribution is 2.59. The predicted octanol–water partition coefficient (Wildman–Crippen LogP) is 9.44. The summed E-state index contributed by atoms with van der Waals surface area (Å²) in [6.07, 6.45) is 16.9. The number of ether oxygens (including phenoxy) is 1. The van der Waals surface area contributed by atoms with Gasteiger partial charge in [-0.2, -0.15) is 0 Å². The molecule has 9 heteroatoms. The molecule has 6 fully saturated rings. The number of fused-ring (bicyclic) bond motifs is 6. The third-order valence-corrected chi connectivity index (χ3v) is 18.2. The third kappa shape index (κ3) is 14.3. The highest BCUT2D eigenvalue weighted by Gasteiger charge is 2.61. The Hall–Kier alpha value is -3.51. The number of unbranched alkanes of at least 4 members (excludes halogenated alkanes) is 6. The zero-order valence-electron chi connectivity index (χ0n) is 45.9. The summed E-state index contributed by atoms with van der Waals surface area (Å²) in [4.78, 5) is 0.